The summed E-state index contributed by atoms with van der Waals surface area (Å²) in [5.74, 6) is 3.80. The topological polar surface area (TPSA) is 32.3 Å². The molecule has 0 saturated carbocycles. The van der Waals surface area contributed by atoms with Crippen molar-refractivity contribution in [3.8, 4) is 0 Å². The van der Waals surface area contributed by atoms with Gasteiger partial charge in [-0.25, -0.2) is 0 Å². The summed E-state index contributed by atoms with van der Waals surface area (Å²) in [4.78, 5) is 14.3. The Morgan fingerprint density at radius 2 is 2.14 bits per heavy atom. The number of carbonyl (C=O) groups is 1. The fourth-order valence-corrected chi connectivity index (χ4v) is 3.58. The van der Waals surface area contributed by atoms with Crippen molar-refractivity contribution in [3.63, 3.8) is 0 Å². The van der Waals surface area contributed by atoms with Crippen LogP contribution in [0.15, 0.2) is 0 Å². The number of rotatable bonds is 8. The summed E-state index contributed by atoms with van der Waals surface area (Å²) in [6, 6.07) is 0.359. The van der Waals surface area contributed by atoms with Crippen LogP contribution in [0.25, 0.3) is 0 Å². The third-order valence-electron chi connectivity index (χ3n) is 4.57. The third-order valence-corrected chi connectivity index (χ3v) is 5.51. The molecule has 3 nitrogen and oxygen atoms in total. The summed E-state index contributed by atoms with van der Waals surface area (Å²) < 4.78 is 0. The van der Waals surface area contributed by atoms with Crippen LogP contribution in [0.1, 0.15) is 46.5 Å². The van der Waals surface area contributed by atoms with Crippen LogP contribution in [-0.4, -0.2) is 48.5 Å². The van der Waals surface area contributed by atoms with Crippen LogP contribution < -0.4 is 5.32 Å². The lowest BCUT2D eigenvalue weighted by Crippen LogP contribution is -2.39. The standard InChI is InChI=1S/C16H32N2OS.ClH/c1-5-20-10-8-14(3)18(4)16(19)11-13(2)15-7-6-9-17-12-15;/h13-15,17H,5-12H2,1-4H3;1H. The highest BCUT2D eigenvalue weighted by Crippen LogP contribution is 2.23. The van der Waals surface area contributed by atoms with Gasteiger partial charge in [0, 0.05) is 19.5 Å². The smallest absolute Gasteiger partial charge is 0.222 e. The van der Waals surface area contributed by atoms with E-state index in [0.717, 1.165) is 31.0 Å². The van der Waals surface area contributed by atoms with E-state index in [9.17, 15) is 4.79 Å². The largest absolute Gasteiger partial charge is 0.343 e. The lowest BCUT2D eigenvalue weighted by atomic mass is 9.85. The average molecular weight is 337 g/mol. The van der Waals surface area contributed by atoms with Gasteiger partial charge < -0.3 is 10.2 Å². The fraction of sp³-hybridized carbons (Fsp3) is 0.938. The van der Waals surface area contributed by atoms with E-state index in [2.05, 4.69) is 26.1 Å². The zero-order valence-electron chi connectivity index (χ0n) is 14.1. The van der Waals surface area contributed by atoms with E-state index in [1.165, 1.54) is 12.8 Å². The van der Waals surface area contributed by atoms with Crippen LogP contribution in [0.3, 0.4) is 0 Å². The van der Waals surface area contributed by atoms with Crippen molar-refractivity contribution in [3.05, 3.63) is 0 Å². The molecule has 1 saturated heterocycles. The van der Waals surface area contributed by atoms with E-state index >= 15 is 0 Å². The number of nitrogens with one attached hydrogen (secondary N) is 1. The maximum atomic E-state index is 12.4. The fourth-order valence-electron chi connectivity index (χ4n) is 2.79. The summed E-state index contributed by atoms with van der Waals surface area (Å²) in [6.07, 6.45) is 4.33. The van der Waals surface area contributed by atoms with Gasteiger partial charge >= 0.3 is 0 Å². The molecule has 0 aliphatic carbocycles. The van der Waals surface area contributed by atoms with Gasteiger partial charge in [-0.05, 0) is 62.6 Å². The molecule has 0 aromatic carbocycles. The van der Waals surface area contributed by atoms with Crippen LogP contribution in [0.2, 0.25) is 0 Å². The molecule has 1 aliphatic rings. The van der Waals surface area contributed by atoms with E-state index in [0.29, 0.717) is 30.2 Å². The van der Waals surface area contributed by atoms with Crippen molar-refractivity contribution in [2.45, 2.75) is 52.5 Å². The van der Waals surface area contributed by atoms with Crippen LogP contribution >= 0.6 is 24.2 Å². The minimum atomic E-state index is 0. The van der Waals surface area contributed by atoms with E-state index in [1.54, 1.807) is 0 Å². The quantitative estimate of drug-likeness (QED) is 0.689. The normalized spacial score (nSPS) is 21.2. The monoisotopic (exact) mass is 336 g/mol. The van der Waals surface area contributed by atoms with Crippen molar-refractivity contribution in [1.29, 1.82) is 0 Å². The highest BCUT2D eigenvalue weighted by atomic mass is 35.5. The molecule has 3 atom stereocenters. The molecule has 0 radical (unpaired) electrons. The van der Waals surface area contributed by atoms with Gasteiger partial charge in [-0.2, -0.15) is 11.8 Å². The molecule has 1 heterocycles. The summed E-state index contributed by atoms with van der Waals surface area (Å²) in [6.45, 7) is 8.82. The zero-order chi connectivity index (χ0) is 15.0. The molecular weight excluding hydrogens is 304 g/mol. The summed E-state index contributed by atoms with van der Waals surface area (Å²) in [5, 5.41) is 3.45. The maximum absolute atomic E-state index is 12.4. The Balaban J connectivity index is 0.00000400. The summed E-state index contributed by atoms with van der Waals surface area (Å²) >= 11 is 1.96. The second kappa shape index (κ2) is 11.6. The maximum Gasteiger partial charge on any atom is 0.222 e. The molecular formula is C16H33ClN2OS. The highest BCUT2D eigenvalue weighted by Gasteiger charge is 2.24. The van der Waals surface area contributed by atoms with Crippen LogP contribution in [-0.2, 0) is 4.79 Å². The minimum Gasteiger partial charge on any atom is -0.343 e. The number of amides is 1. The molecule has 21 heavy (non-hydrogen) atoms. The highest BCUT2D eigenvalue weighted by molar-refractivity contribution is 7.99. The van der Waals surface area contributed by atoms with Crippen molar-refractivity contribution >= 4 is 30.1 Å². The van der Waals surface area contributed by atoms with E-state index < -0.39 is 0 Å². The molecule has 1 fully saturated rings. The van der Waals surface area contributed by atoms with Gasteiger partial charge in [0.15, 0.2) is 0 Å². The van der Waals surface area contributed by atoms with E-state index in [4.69, 9.17) is 0 Å². The zero-order valence-corrected chi connectivity index (χ0v) is 15.7. The number of halogens is 1. The van der Waals surface area contributed by atoms with Crippen molar-refractivity contribution in [1.82, 2.24) is 10.2 Å². The summed E-state index contributed by atoms with van der Waals surface area (Å²) in [7, 11) is 1.97. The van der Waals surface area contributed by atoms with Crippen LogP contribution in [0.5, 0.6) is 0 Å². The van der Waals surface area contributed by atoms with Crippen molar-refractivity contribution in [2.75, 3.05) is 31.6 Å². The molecule has 0 aromatic heterocycles. The first-order valence-electron chi connectivity index (χ1n) is 8.10. The van der Waals surface area contributed by atoms with E-state index in [1.807, 2.05) is 23.7 Å². The predicted octanol–water partition coefficient (Wildman–Crippen LogP) is 3.42. The molecule has 1 aliphatic heterocycles. The third kappa shape index (κ3) is 7.75. The first-order valence-corrected chi connectivity index (χ1v) is 9.25. The van der Waals surface area contributed by atoms with Gasteiger partial charge in [-0.15, -0.1) is 12.4 Å². The van der Waals surface area contributed by atoms with E-state index in [-0.39, 0.29) is 12.4 Å². The Kier molecular flexibility index (Phi) is 11.7. The Labute approximate surface area is 141 Å². The van der Waals surface area contributed by atoms with Crippen molar-refractivity contribution < 1.29 is 4.79 Å². The SMILES string of the molecule is CCSCCC(C)N(C)C(=O)CC(C)C1CCCNC1.Cl. The van der Waals surface area contributed by atoms with Gasteiger partial charge in [0.1, 0.15) is 0 Å². The molecule has 1 N–H and O–H groups in total. The molecule has 0 spiro atoms. The molecule has 5 heteroatoms. The average Bonchev–Trinajstić information content (AvgIpc) is 2.47. The minimum absolute atomic E-state index is 0. The second-order valence-corrected chi connectivity index (χ2v) is 7.52. The predicted molar refractivity (Wildman–Crippen MR) is 96.5 cm³/mol. The molecule has 126 valence electrons. The second-order valence-electron chi connectivity index (χ2n) is 6.13. The number of hydrogen-bond acceptors (Lipinski definition) is 3. The van der Waals surface area contributed by atoms with Gasteiger partial charge in [-0.1, -0.05) is 13.8 Å². The Hall–Kier alpha value is 0.0700. The first kappa shape index (κ1) is 21.1. The Morgan fingerprint density at radius 1 is 1.43 bits per heavy atom. The van der Waals surface area contributed by atoms with Crippen molar-refractivity contribution in [2.24, 2.45) is 11.8 Å². The lowest BCUT2D eigenvalue weighted by molar-refractivity contribution is -0.133. The first-order chi connectivity index (χ1) is 9.56. The number of carbonyl (C=O) groups excluding carboxylic acids is 1. The molecule has 1 amide bonds. The number of hydrogen-bond donors (Lipinski definition) is 1. The van der Waals surface area contributed by atoms with Gasteiger partial charge in [-0.3, -0.25) is 4.79 Å². The molecule has 0 aromatic rings. The molecule has 0 bridgehead atoms. The van der Waals surface area contributed by atoms with Crippen LogP contribution in [0.4, 0.5) is 0 Å². The number of thioether (sulfide) groups is 1. The molecule has 3 unspecified atom stereocenters. The van der Waals surface area contributed by atoms with Gasteiger partial charge in [0.2, 0.25) is 5.91 Å². The summed E-state index contributed by atoms with van der Waals surface area (Å²) in [5.41, 5.74) is 0. The lowest BCUT2D eigenvalue weighted by Gasteiger charge is -2.31. The van der Waals surface area contributed by atoms with Gasteiger partial charge in [0.25, 0.3) is 0 Å². The number of nitrogens with zero attached hydrogens (tertiary/aromatic N) is 1. The van der Waals surface area contributed by atoms with Crippen LogP contribution in [0, 0.1) is 11.8 Å². The number of piperidine rings is 1. The Morgan fingerprint density at radius 3 is 2.71 bits per heavy atom. The van der Waals surface area contributed by atoms with Gasteiger partial charge in [0.05, 0.1) is 0 Å². The Bertz CT molecular complexity index is 285. The molecule has 1 rings (SSSR count).